The normalized spacial score (nSPS) is 13.9. The lowest BCUT2D eigenvalue weighted by Crippen LogP contribution is -2.35. The van der Waals surface area contributed by atoms with Gasteiger partial charge in [0.2, 0.25) is 13.6 Å². The molecule has 10 heteroatoms. The lowest BCUT2D eigenvalue weighted by atomic mass is 10.2. The molecule has 0 unspecified atom stereocenters. The quantitative estimate of drug-likeness (QED) is 0.457. The van der Waals surface area contributed by atoms with Crippen LogP contribution >= 0.6 is 0 Å². The summed E-state index contributed by atoms with van der Waals surface area (Å²) in [6.07, 6.45) is 2.76. The first kappa shape index (κ1) is 17.3. The lowest BCUT2D eigenvalue weighted by molar-refractivity contribution is -0.139. The summed E-state index contributed by atoms with van der Waals surface area (Å²) in [7, 11) is 0. The third kappa shape index (κ3) is 3.85. The van der Waals surface area contributed by atoms with E-state index in [-0.39, 0.29) is 13.6 Å². The molecule has 0 aliphatic carbocycles. The Labute approximate surface area is 158 Å². The minimum atomic E-state index is -0.958. The van der Waals surface area contributed by atoms with Crippen LogP contribution in [0.2, 0.25) is 0 Å². The van der Waals surface area contributed by atoms with Gasteiger partial charge in [-0.25, -0.2) is 10.9 Å². The van der Waals surface area contributed by atoms with Crippen LogP contribution in [0.3, 0.4) is 0 Å². The van der Waals surface area contributed by atoms with E-state index in [1.54, 1.807) is 36.4 Å². The molecule has 0 atom stereocenters. The first-order valence-corrected chi connectivity index (χ1v) is 8.15. The number of carbonyl (C=O) groups excluding carboxylic acids is 2. The van der Waals surface area contributed by atoms with Crippen molar-refractivity contribution in [2.24, 2.45) is 10.2 Å². The van der Waals surface area contributed by atoms with Crippen LogP contribution in [0.1, 0.15) is 11.1 Å². The second-order valence-electron chi connectivity index (χ2n) is 5.62. The molecule has 0 saturated heterocycles. The van der Waals surface area contributed by atoms with E-state index in [2.05, 4.69) is 21.1 Å². The summed E-state index contributed by atoms with van der Waals surface area (Å²) >= 11 is 0. The van der Waals surface area contributed by atoms with Crippen LogP contribution in [-0.4, -0.2) is 37.8 Å². The number of rotatable bonds is 4. The summed E-state index contributed by atoms with van der Waals surface area (Å²) < 4.78 is 20.9. The molecule has 2 amide bonds. The molecular weight excluding hydrogens is 368 g/mol. The second-order valence-corrected chi connectivity index (χ2v) is 5.62. The molecule has 2 aromatic rings. The molecule has 0 spiro atoms. The van der Waals surface area contributed by atoms with Gasteiger partial charge < -0.3 is 18.9 Å². The lowest BCUT2D eigenvalue weighted by Gasteiger charge is -2.00. The van der Waals surface area contributed by atoms with E-state index in [0.717, 1.165) is 0 Å². The van der Waals surface area contributed by atoms with Crippen LogP contribution in [0.5, 0.6) is 23.0 Å². The van der Waals surface area contributed by atoms with Gasteiger partial charge in [0.1, 0.15) is 0 Å². The van der Waals surface area contributed by atoms with E-state index < -0.39 is 11.8 Å². The molecule has 142 valence electrons. The minimum Gasteiger partial charge on any atom is -0.454 e. The highest BCUT2D eigenvalue weighted by molar-refractivity contribution is 6.35. The fraction of sp³-hybridized carbons (Fsp3) is 0.111. The Hall–Kier alpha value is -4.08. The molecule has 0 fully saturated rings. The van der Waals surface area contributed by atoms with Gasteiger partial charge in [-0.15, -0.1) is 0 Å². The number of amides is 2. The molecule has 2 aromatic carbocycles. The highest BCUT2D eigenvalue weighted by Crippen LogP contribution is 2.32. The van der Waals surface area contributed by atoms with Gasteiger partial charge in [-0.05, 0) is 47.5 Å². The summed E-state index contributed by atoms with van der Waals surface area (Å²) in [5.41, 5.74) is 5.58. The summed E-state index contributed by atoms with van der Waals surface area (Å²) in [4.78, 5) is 23.4. The van der Waals surface area contributed by atoms with Gasteiger partial charge in [0, 0.05) is 0 Å². The zero-order valence-electron chi connectivity index (χ0n) is 14.4. The van der Waals surface area contributed by atoms with Crippen LogP contribution in [0.15, 0.2) is 46.6 Å². The molecule has 4 rings (SSSR count). The summed E-state index contributed by atoms with van der Waals surface area (Å²) in [6, 6.07) is 10.3. The molecule has 28 heavy (non-hydrogen) atoms. The molecule has 2 aliphatic heterocycles. The fourth-order valence-electron chi connectivity index (χ4n) is 2.42. The Kier molecular flexibility index (Phi) is 4.74. The average Bonchev–Trinajstić information content (AvgIpc) is 3.36. The third-order valence-electron chi connectivity index (χ3n) is 3.76. The van der Waals surface area contributed by atoms with Crippen molar-refractivity contribution in [2.75, 3.05) is 13.6 Å². The predicted octanol–water partition coefficient (Wildman–Crippen LogP) is 0.744. The Morgan fingerprint density at radius 3 is 1.61 bits per heavy atom. The summed E-state index contributed by atoms with van der Waals surface area (Å²) in [5.74, 6) is 0.540. The van der Waals surface area contributed by atoms with Crippen LogP contribution < -0.4 is 29.8 Å². The summed E-state index contributed by atoms with van der Waals surface area (Å²) in [6.45, 7) is 0.333. The van der Waals surface area contributed by atoms with Crippen molar-refractivity contribution in [3.05, 3.63) is 47.5 Å². The molecular formula is C18H14N4O6. The van der Waals surface area contributed by atoms with Gasteiger partial charge in [0.25, 0.3) is 0 Å². The monoisotopic (exact) mass is 382 g/mol. The Balaban J connectivity index is 1.27. The van der Waals surface area contributed by atoms with E-state index in [9.17, 15) is 9.59 Å². The van der Waals surface area contributed by atoms with E-state index >= 15 is 0 Å². The SMILES string of the molecule is O=C(N/N=C\c1ccc2c(c1)OCO2)C(=O)N/N=C\c1ccc2c(c1)OCO2. The Morgan fingerprint density at radius 1 is 0.714 bits per heavy atom. The van der Waals surface area contributed by atoms with Crippen molar-refractivity contribution in [1.82, 2.24) is 10.9 Å². The zero-order valence-corrected chi connectivity index (χ0v) is 14.4. The standard InChI is InChI=1S/C18H14N4O6/c23-17(21-19-7-11-1-3-13-15(5-11)27-9-25-13)18(24)22-20-8-12-2-4-14-16(6-12)28-10-26-14/h1-8H,9-10H2,(H,21,23)(H,22,24)/b19-7-,20-8-. The van der Waals surface area contributed by atoms with Crippen LogP contribution in [-0.2, 0) is 9.59 Å². The predicted molar refractivity (Wildman–Crippen MR) is 96.6 cm³/mol. The molecule has 0 saturated carbocycles. The second kappa shape index (κ2) is 7.66. The Morgan fingerprint density at radius 2 is 1.14 bits per heavy atom. The van der Waals surface area contributed by atoms with Crippen molar-refractivity contribution < 1.29 is 28.5 Å². The minimum absolute atomic E-state index is 0.166. The van der Waals surface area contributed by atoms with Crippen molar-refractivity contribution >= 4 is 24.2 Å². The van der Waals surface area contributed by atoms with Gasteiger partial charge in [0.05, 0.1) is 12.4 Å². The van der Waals surface area contributed by atoms with Gasteiger partial charge in [-0.2, -0.15) is 10.2 Å². The van der Waals surface area contributed by atoms with Crippen molar-refractivity contribution in [3.8, 4) is 23.0 Å². The number of nitrogens with zero attached hydrogens (tertiary/aromatic N) is 2. The summed E-state index contributed by atoms with van der Waals surface area (Å²) in [5, 5.41) is 7.46. The van der Waals surface area contributed by atoms with E-state index in [1.165, 1.54) is 12.4 Å². The Bertz CT molecular complexity index is 909. The molecule has 0 radical (unpaired) electrons. The zero-order chi connectivity index (χ0) is 19.3. The smallest absolute Gasteiger partial charge is 0.331 e. The third-order valence-corrected chi connectivity index (χ3v) is 3.76. The van der Waals surface area contributed by atoms with Gasteiger partial charge >= 0.3 is 11.8 Å². The number of hydrogen-bond acceptors (Lipinski definition) is 8. The molecule has 0 bridgehead atoms. The van der Waals surface area contributed by atoms with Crippen molar-refractivity contribution in [1.29, 1.82) is 0 Å². The highest BCUT2D eigenvalue weighted by Gasteiger charge is 2.14. The first-order valence-electron chi connectivity index (χ1n) is 8.15. The maximum absolute atomic E-state index is 11.7. The number of carbonyl (C=O) groups is 2. The van der Waals surface area contributed by atoms with Crippen LogP contribution in [0.4, 0.5) is 0 Å². The van der Waals surface area contributed by atoms with E-state index in [0.29, 0.717) is 34.1 Å². The van der Waals surface area contributed by atoms with E-state index in [4.69, 9.17) is 18.9 Å². The van der Waals surface area contributed by atoms with E-state index in [1.807, 2.05) is 0 Å². The molecule has 2 aliphatic rings. The number of hydrazone groups is 2. The van der Waals surface area contributed by atoms with Crippen LogP contribution in [0.25, 0.3) is 0 Å². The highest BCUT2D eigenvalue weighted by atomic mass is 16.7. The number of ether oxygens (including phenoxy) is 4. The fourth-order valence-corrected chi connectivity index (χ4v) is 2.42. The molecule has 10 nitrogen and oxygen atoms in total. The number of fused-ring (bicyclic) bond motifs is 2. The number of nitrogens with one attached hydrogen (secondary N) is 2. The number of hydrogen-bond donors (Lipinski definition) is 2. The topological polar surface area (TPSA) is 120 Å². The van der Waals surface area contributed by atoms with Crippen molar-refractivity contribution in [2.45, 2.75) is 0 Å². The largest absolute Gasteiger partial charge is 0.454 e. The van der Waals surface area contributed by atoms with Crippen molar-refractivity contribution in [3.63, 3.8) is 0 Å². The van der Waals surface area contributed by atoms with Crippen LogP contribution in [0, 0.1) is 0 Å². The van der Waals surface area contributed by atoms with Gasteiger partial charge in [0.15, 0.2) is 23.0 Å². The maximum atomic E-state index is 11.7. The molecule has 2 heterocycles. The molecule has 0 aromatic heterocycles. The van der Waals surface area contributed by atoms with Gasteiger partial charge in [-0.1, -0.05) is 0 Å². The number of benzene rings is 2. The van der Waals surface area contributed by atoms with Gasteiger partial charge in [-0.3, -0.25) is 9.59 Å². The maximum Gasteiger partial charge on any atom is 0.331 e. The first-order chi connectivity index (χ1) is 13.7. The average molecular weight is 382 g/mol. The molecule has 2 N–H and O–H groups in total.